The zero-order valence-corrected chi connectivity index (χ0v) is 15.5. The van der Waals surface area contributed by atoms with Crippen molar-refractivity contribution < 1.29 is 10.1 Å². The Balaban J connectivity index is 1.47. The molecule has 0 bridgehead atoms. The smallest absolute Gasteiger partial charge is 0.0819 e. The van der Waals surface area contributed by atoms with E-state index in [-0.39, 0.29) is 0 Å². The van der Waals surface area contributed by atoms with Crippen LogP contribution < -0.4 is 0 Å². The Labute approximate surface area is 148 Å². The summed E-state index contributed by atoms with van der Waals surface area (Å²) in [5.41, 5.74) is 0.447. The molecule has 2 heteroatoms. The lowest BCUT2D eigenvalue weighted by atomic mass is 9.52. The molecular formula is C22H36O2. The van der Waals surface area contributed by atoms with Crippen molar-refractivity contribution >= 4 is 0 Å². The van der Waals surface area contributed by atoms with Crippen LogP contribution in [0, 0.1) is 40.9 Å². The minimum absolute atomic E-state index is 0.447. The lowest BCUT2D eigenvalue weighted by molar-refractivity contribution is -0.242. The van der Waals surface area contributed by atoms with Crippen LogP contribution >= 0.6 is 0 Å². The highest BCUT2D eigenvalue weighted by molar-refractivity contribution is 5.18. The van der Waals surface area contributed by atoms with Gasteiger partial charge in [0.25, 0.3) is 0 Å². The van der Waals surface area contributed by atoms with Gasteiger partial charge in [0.1, 0.15) is 0 Å². The highest BCUT2D eigenvalue weighted by Crippen LogP contribution is 2.62. The molecule has 0 aromatic heterocycles. The third-order valence-corrected chi connectivity index (χ3v) is 8.56. The second kappa shape index (κ2) is 7.11. The summed E-state index contributed by atoms with van der Waals surface area (Å²) in [6, 6.07) is 0. The van der Waals surface area contributed by atoms with Crippen molar-refractivity contribution in [1.82, 2.24) is 0 Å². The van der Waals surface area contributed by atoms with Crippen LogP contribution in [0.3, 0.4) is 0 Å². The molecular weight excluding hydrogens is 296 g/mol. The Morgan fingerprint density at radius 3 is 2.75 bits per heavy atom. The van der Waals surface area contributed by atoms with Gasteiger partial charge in [-0.1, -0.05) is 44.8 Å². The standard InChI is InChI=1S/C22H36O2/c1-22-14-13-19-18-8-3-2-6-16(18)9-11-20(19)21(22)12-10-17(22)7-4-5-15-24-23/h13-14,16-21,23H,2-12,15H2,1H3. The molecule has 3 saturated carbocycles. The first-order chi connectivity index (χ1) is 11.7. The van der Waals surface area contributed by atoms with E-state index in [1.807, 2.05) is 0 Å². The van der Waals surface area contributed by atoms with Crippen molar-refractivity contribution in [3.63, 3.8) is 0 Å². The summed E-state index contributed by atoms with van der Waals surface area (Å²) in [6.07, 6.45) is 20.8. The number of hydrogen-bond acceptors (Lipinski definition) is 2. The van der Waals surface area contributed by atoms with Crippen molar-refractivity contribution in [3.8, 4) is 0 Å². The normalized spacial score (nSPS) is 47.1. The first kappa shape index (κ1) is 17.1. The molecule has 0 aliphatic heterocycles. The van der Waals surface area contributed by atoms with Crippen LogP contribution in [-0.2, 0) is 4.89 Å². The summed E-state index contributed by atoms with van der Waals surface area (Å²) < 4.78 is 0. The van der Waals surface area contributed by atoms with E-state index in [2.05, 4.69) is 24.0 Å². The van der Waals surface area contributed by atoms with E-state index >= 15 is 0 Å². The van der Waals surface area contributed by atoms with Crippen molar-refractivity contribution in [2.45, 2.75) is 77.6 Å². The number of rotatable bonds is 5. The second-order valence-electron chi connectivity index (χ2n) is 9.46. The summed E-state index contributed by atoms with van der Waals surface area (Å²) in [7, 11) is 0. The van der Waals surface area contributed by atoms with E-state index in [1.165, 1.54) is 64.2 Å². The van der Waals surface area contributed by atoms with Gasteiger partial charge in [0, 0.05) is 0 Å². The first-order valence-electron chi connectivity index (χ1n) is 10.7. The van der Waals surface area contributed by atoms with E-state index in [9.17, 15) is 0 Å². The van der Waals surface area contributed by atoms with Crippen molar-refractivity contribution in [1.29, 1.82) is 0 Å². The third-order valence-electron chi connectivity index (χ3n) is 8.56. The summed E-state index contributed by atoms with van der Waals surface area (Å²) in [5.74, 6) is 5.73. The van der Waals surface area contributed by atoms with E-state index < -0.39 is 0 Å². The van der Waals surface area contributed by atoms with Crippen molar-refractivity contribution in [2.24, 2.45) is 40.9 Å². The molecule has 1 N–H and O–H groups in total. The minimum Gasteiger partial charge on any atom is -0.252 e. The van der Waals surface area contributed by atoms with E-state index in [4.69, 9.17) is 5.26 Å². The van der Waals surface area contributed by atoms with Crippen LogP contribution in [0.15, 0.2) is 12.2 Å². The molecule has 0 aromatic carbocycles. The van der Waals surface area contributed by atoms with Gasteiger partial charge in [0.05, 0.1) is 6.61 Å². The summed E-state index contributed by atoms with van der Waals surface area (Å²) in [5, 5.41) is 8.51. The van der Waals surface area contributed by atoms with Crippen LogP contribution in [0.4, 0.5) is 0 Å². The molecule has 4 aliphatic carbocycles. The van der Waals surface area contributed by atoms with E-state index in [0.717, 1.165) is 41.9 Å². The number of unbranched alkanes of at least 4 members (excludes halogenated alkanes) is 1. The Kier molecular flexibility index (Phi) is 5.07. The fourth-order valence-electron chi connectivity index (χ4n) is 7.34. The number of allylic oxidation sites excluding steroid dienone is 2. The predicted molar refractivity (Wildman–Crippen MR) is 97.6 cm³/mol. The van der Waals surface area contributed by atoms with Gasteiger partial charge in [-0.25, -0.2) is 4.89 Å². The summed E-state index contributed by atoms with van der Waals surface area (Å²) in [4.78, 5) is 4.25. The monoisotopic (exact) mass is 332 g/mol. The lowest BCUT2D eigenvalue weighted by Gasteiger charge is -2.53. The molecule has 24 heavy (non-hydrogen) atoms. The van der Waals surface area contributed by atoms with Gasteiger partial charge in [-0.05, 0) is 85.9 Å². The Morgan fingerprint density at radius 2 is 1.88 bits per heavy atom. The molecule has 2 nitrogen and oxygen atoms in total. The zero-order valence-electron chi connectivity index (χ0n) is 15.5. The zero-order chi connectivity index (χ0) is 16.6. The Hall–Kier alpha value is -0.340. The molecule has 0 amide bonds. The topological polar surface area (TPSA) is 29.5 Å². The summed E-state index contributed by atoms with van der Waals surface area (Å²) >= 11 is 0. The van der Waals surface area contributed by atoms with Gasteiger partial charge in [-0.2, -0.15) is 0 Å². The maximum Gasteiger partial charge on any atom is 0.0819 e. The Bertz CT molecular complexity index is 459. The van der Waals surface area contributed by atoms with Crippen LogP contribution in [0.2, 0.25) is 0 Å². The Morgan fingerprint density at radius 1 is 1.00 bits per heavy atom. The molecule has 7 unspecified atom stereocenters. The van der Waals surface area contributed by atoms with E-state index in [0.29, 0.717) is 12.0 Å². The molecule has 4 rings (SSSR count). The van der Waals surface area contributed by atoms with Gasteiger partial charge in [0.2, 0.25) is 0 Å². The molecule has 4 aliphatic rings. The molecule has 0 aromatic rings. The molecule has 0 radical (unpaired) electrons. The SMILES string of the molecule is CC12C=CC3C4CCCCC4CCC3C1CCC2CCCCOO. The highest BCUT2D eigenvalue weighted by Gasteiger charge is 2.54. The van der Waals surface area contributed by atoms with Crippen LogP contribution in [0.5, 0.6) is 0 Å². The van der Waals surface area contributed by atoms with Gasteiger partial charge < -0.3 is 0 Å². The quantitative estimate of drug-likeness (QED) is 0.286. The fourth-order valence-corrected chi connectivity index (χ4v) is 7.34. The minimum atomic E-state index is 0.447. The van der Waals surface area contributed by atoms with Crippen LogP contribution in [-0.4, -0.2) is 11.9 Å². The summed E-state index contributed by atoms with van der Waals surface area (Å²) in [6.45, 7) is 3.06. The molecule has 0 saturated heterocycles. The molecule has 3 fully saturated rings. The van der Waals surface area contributed by atoms with Crippen LogP contribution in [0.25, 0.3) is 0 Å². The van der Waals surface area contributed by atoms with Crippen LogP contribution in [0.1, 0.15) is 77.6 Å². The van der Waals surface area contributed by atoms with Gasteiger partial charge in [-0.3, -0.25) is 5.26 Å². The second-order valence-corrected chi connectivity index (χ2v) is 9.46. The maximum absolute atomic E-state index is 8.51. The maximum atomic E-state index is 8.51. The average Bonchev–Trinajstić information content (AvgIpc) is 2.95. The van der Waals surface area contributed by atoms with Crippen molar-refractivity contribution in [2.75, 3.05) is 6.61 Å². The largest absolute Gasteiger partial charge is 0.252 e. The molecule has 136 valence electrons. The lowest BCUT2D eigenvalue weighted by Crippen LogP contribution is -2.45. The molecule has 0 heterocycles. The molecule has 7 atom stereocenters. The third kappa shape index (κ3) is 2.88. The predicted octanol–water partition coefficient (Wildman–Crippen LogP) is 6.08. The molecule has 0 spiro atoms. The van der Waals surface area contributed by atoms with Crippen molar-refractivity contribution in [3.05, 3.63) is 12.2 Å². The first-order valence-corrected chi connectivity index (χ1v) is 10.7. The fraction of sp³-hybridized carbons (Fsp3) is 0.909. The highest BCUT2D eigenvalue weighted by atomic mass is 17.1. The van der Waals surface area contributed by atoms with Gasteiger partial charge in [-0.15, -0.1) is 0 Å². The van der Waals surface area contributed by atoms with E-state index in [1.54, 1.807) is 0 Å². The number of hydrogen-bond donors (Lipinski definition) is 1. The average molecular weight is 333 g/mol. The van der Waals surface area contributed by atoms with Gasteiger partial charge in [0.15, 0.2) is 0 Å². The number of fused-ring (bicyclic) bond motifs is 5. The van der Waals surface area contributed by atoms with Gasteiger partial charge >= 0.3 is 0 Å².